The van der Waals surface area contributed by atoms with Crippen LogP contribution in [0, 0.1) is 0 Å². The lowest BCUT2D eigenvalue weighted by molar-refractivity contribution is -0.0493. The maximum absolute atomic E-state index is 12.3. The number of hydrogen-bond acceptors (Lipinski definition) is 2. The van der Waals surface area contributed by atoms with Gasteiger partial charge in [-0.25, -0.2) is 0 Å². The first-order valence-electron chi connectivity index (χ1n) is 5.78. The fraction of sp³-hybridized carbons (Fsp3) is 0.143. The molecule has 0 saturated heterocycles. The van der Waals surface area contributed by atoms with Crippen molar-refractivity contribution < 1.29 is 13.5 Å². The molecule has 6 heteroatoms. The first-order chi connectivity index (χ1) is 9.56. The van der Waals surface area contributed by atoms with Crippen molar-refractivity contribution in [1.29, 1.82) is 0 Å². The molecule has 0 aliphatic carbocycles. The Morgan fingerprint density at radius 2 is 1.80 bits per heavy atom. The molecule has 1 N–H and O–H groups in total. The normalized spacial score (nSPS) is 10.7. The molecule has 0 radical (unpaired) electrons. The van der Waals surface area contributed by atoms with Gasteiger partial charge in [-0.2, -0.15) is 8.78 Å². The van der Waals surface area contributed by atoms with Gasteiger partial charge in [0.2, 0.25) is 0 Å². The highest BCUT2D eigenvalue weighted by atomic mass is 35.5. The fourth-order valence-electron chi connectivity index (χ4n) is 1.66. The van der Waals surface area contributed by atoms with Crippen molar-refractivity contribution in [1.82, 2.24) is 0 Å². The summed E-state index contributed by atoms with van der Waals surface area (Å²) in [6.07, 6.45) is 0. The molecule has 0 unspecified atom stereocenters. The summed E-state index contributed by atoms with van der Waals surface area (Å²) < 4.78 is 29.0. The number of halogens is 4. The standard InChI is InChI=1S/C14H11Cl2F2NO/c15-10-6-5-9(7-11(10)16)8-19-12-3-1-2-4-13(12)20-14(17)18/h1-7,14,19H,8H2. The maximum atomic E-state index is 12.3. The third kappa shape index (κ3) is 3.99. The summed E-state index contributed by atoms with van der Waals surface area (Å²) in [6.45, 7) is -2.44. The van der Waals surface area contributed by atoms with Crippen molar-refractivity contribution >= 4 is 28.9 Å². The maximum Gasteiger partial charge on any atom is 0.387 e. The van der Waals surface area contributed by atoms with Gasteiger partial charge < -0.3 is 10.1 Å². The number of para-hydroxylation sites is 2. The minimum atomic E-state index is -2.86. The Bertz CT molecular complexity index is 593. The van der Waals surface area contributed by atoms with E-state index in [1.807, 2.05) is 0 Å². The Hall–Kier alpha value is -1.52. The zero-order chi connectivity index (χ0) is 14.5. The van der Waals surface area contributed by atoms with Crippen molar-refractivity contribution in [2.45, 2.75) is 13.2 Å². The Morgan fingerprint density at radius 3 is 2.50 bits per heavy atom. The van der Waals surface area contributed by atoms with Crippen LogP contribution in [0.25, 0.3) is 0 Å². The van der Waals surface area contributed by atoms with Gasteiger partial charge in [0, 0.05) is 6.54 Å². The molecule has 2 aromatic rings. The highest BCUT2D eigenvalue weighted by molar-refractivity contribution is 6.42. The van der Waals surface area contributed by atoms with Crippen LogP contribution >= 0.6 is 23.2 Å². The van der Waals surface area contributed by atoms with Gasteiger partial charge in [0.15, 0.2) is 0 Å². The van der Waals surface area contributed by atoms with Crippen LogP contribution in [0.5, 0.6) is 5.75 Å². The van der Waals surface area contributed by atoms with E-state index in [0.717, 1.165) is 5.56 Å². The van der Waals surface area contributed by atoms with Gasteiger partial charge in [-0.1, -0.05) is 41.4 Å². The predicted octanol–water partition coefficient (Wildman–Crippen LogP) is 5.21. The highest BCUT2D eigenvalue weighted by Crippen LogP contribution is 2.27. The van der Waals surface area contributed by atoms with Gasteiger partial charge in [0.25, 0.3) is 0 Å². The van der Waals surface area contributed by atoms with Crippen molar-refractivity contribution in [3.05, 3.63) is 58.1 Å². The SMILES string of the molecule is FC(F)Oc1ccccc1NCc1ccc(Cl)c(Cl)c1. The molecule has 0 aliphatic heterocycles. The lowest BCUT2D eigenvalue weighted by Gasteiger charge is -2.12. The van der Waals surface area contributed by atoms with E-state index >= 15 is 0 Å². The summed E-state index contributed by atoms with van der Waals surface area (Å²) in [6, 6.07) is 11.7. The summed E-state index contributed by atoms with van der Waals surface area (Å²) in [5, 5.41) is 3.94. The second kappa shape index (κ2) is 6.77. The third-order valence-electron chi connectivity index (χ3n) is 2.57. The van der Waals surface area contributed by atoms with Gasteiger partial charge in [-0.05, 0) is 29.8 Å². The lowest BCUT2D eigenvalue weighted by Crippen LogP contribution is -2.06. The van der Waals surface area contributed by atoms with Gasteiger partial charge >= 0.3 is 6.61 Å². The molecular weight excluding hydrogens is 307 g/mol. The van der Waals surface area contributed by atoms with E-state index in [-0.39, 0.29) is 5.75 Å². The van der Waals surface area contributed by atoms with Gasteiger partial charge in [-0.3, -0.25) is 0 Å². The van der Waals surface area contributed by atoms with E-state index in [1.165, 1.54) is 6.07 Å². The zero-order valence-electron chi connectivity index (χ0n) is 10.2. The Balaban J connectivity index is 2.08. The second-order valence-corrected chi connectivity index (χ2v) is 4.79. The second-order valence-electron chi connectivity index (χ2n) is 3.98. The molecule has 20 heavy (non-hydrogen) atoms. The average molecular weight is 318 g/mol. The highest BCUT2D eigenvalue weighted by Gasteiger charge is 2.09. The smallest absolute Gasteiger partial charge is 0.387 e. The third-order valence-corrected chi connectivity index (χ3v) is 3.31. The van der Waals surface area contributed by atoms with Gasteiger partial charge in [-0.15, -0.1) is 0 Å². The number of nitrogens with one attached hydrogen (secondary N) is 1. The molecule has 0 aromatic heterocycles. The average Bonchev–Trinajstić information content (AvgIpc) is 2.41. The molecule has 2 nitrogen and oxygen atoms in total. The summed E-state index contributed by atoms with van der Waals surface area (Å²) in [5.41, 5.74) is 1.37. The molecule has 2 aromatic carbocycles. The summed E-state index contributed by atoms with van der Waals surface area (Å²) >= 11 is 11.7. The van der Waals surface area contributed by atoms with E-state index in [0.29, 0.717) is 22.3 Å². The monoisotopic (exact) mass is 317 g/mol. The first-order valence-corrected chi connectivity index (χ1v) is 6.53. The van der Waals surface area contributed by atoms with Gasteiger partial charge in [0.1, 0.15) is 5.75 Å². The van der Waals surface area contributed by atoms with E-state index < -0.39 is 6.61 Å². The van der Waals surface area contributed by atoms with E-state index in [9.17, 15) is 8.78 Å². The summed E-state index contributed by atoms with van der Waals surface area (Å²) in [7, 11) is 0. The van der Waals surface area contributed by atoms with Crippen LogP contribution in [-0.2, 0) is 6.54 Å². The minimum Gasteiger partial charge on any atom is -0.433 e. The van der Waals surface area contributed by atoms with E-state index in [2.05, 4.69) is 10.1 Å². The molecule has 0 bridgehead atoms. The molecule has 2 rings (SSSR count). The molecule has 0 atom stereocenters. The minimum absolute atomic E-state index is 0.0996. The number of rotatable bonds is 5. The van der Waals surface area contributed by atoms with E-state index in [4.69, 9.17) is 23.2 Å². The number of anilines is 1. The summed E-state index contributed by atoms with van der Waals surface area (Å²) in [5.74, 6) is 0.0996. The molecule has 0 spiro atoms. The van der Waals surface area contributed by atoms with Crippen molar-refractivity contribution in [2.24, 2.45) is 0 Å². The van der Waals surface area contributed by atoms with Crippen molar-refractivity contribution in [2.75, 3.05) is 5.32 Å². The van der Waals surface area contributed by atoms with Crippen LogP contribution in [-0.4, -0.2) is 6.61 Å². The first kappa shape index (κ1) is 14.9. The Morgan fingerprint density at radius 1 is 1.05 bits per heavy atom. The van der Waals surface area contributed by atoms with Crippen LogP contribution in [0.4, 0.5) is 14.5 Å². The molecule has 0 aliphatic rings. The topological polar surface area (TPSA) is 21.3 Å². The molecule has 0 amide bonds. The molecule has 0 fully saturated rings. The Kier molecular flexibility index (Phi) is 5.04. The number of alkyl halides is 2. The molecular formula is C14H11Cl2F2NO. The predicted molar refractivity (Wildman–Crippen MR) is 76.9 cm³/mol. The van der Waals surface area contributed by atoms with Crippen molar-refractivity contribution in [3.8, 4) is 5.75 Å². The number of ether oxygens (including phenoxy) is 1. The molecule has 0 heterocycles. The fourth-order valence-corrected chi connectivity index (χ4v) is 1.98. The number of benzene rings is 2. The largest absolute Gasteiger partial charge is 0.433 e. The lowest BCUT2D eigenvalue weighted by atomic mass is 10.2. The van der Waals surface area contributed by atoms with Crippen LogP contribution in [0.3, 0.4) is 0 Å². The molecule has 0 saturated carbocycles. The number of hydrogen-bond donors (Lipinski definition) is 1. The summed E-state index contributed by atoms with van der Waals surface area (Å²) in [4.78, 5) is 0. The van der Waals surface area contributed by atoms with Gasteiger partial charge in [0.05, 0.1) is 15.7 Å². The van der Waals surface area contributed by atoms with E-state index in [1.54, 1.807) is 36.4 Å². The quantitative estimate of drug-likeness (QED) is 0.817. The van der Waals surface area contributed by atoms with Crippen LogP contribution in [0.15, 0.2) is 42.5 Å². The Labute approximate surface area is 125 Å². The zero-order valence-corrected chi connectivity index (χ0v) is 11.8. The van der Waals surface area contributed by atoms with Crippen molar-refractivity contribution in [3.63, 3.8) is 0 Å². The van der Waals surface area contributed by atoms with Crippen LogP contribution < -0.4 is 10.1 Å². The molecule has 106 valence electrons. The van der Waals surface area contributed by atoms with Crippen LogP contribution in [0.1, 0.15) is 5.56 Å². The van der Waals surface area contributed by atoms with Crippen LogP contribution in [0.2, 0.25) is 10.0 Å².